The summed E-state index contributed by atoms with van der Waals surface area (Å²) in [4.78, 5) is 27.6. The van der Waals surface area contributed by atoms with E-state index in [-0.39, 0.29) is 12.5 Å². The smallest absolute Gasteiger partial charge is 0.253 e. The van der Waals surface area contributed by atoms with Crippen molar-refractivity contribution in [3.63, 3.8) is 0 Å². The van der Waals surface area contributed by atoms with Gasteiger partial charge in [-0.05, 0) is 18.2 Å². The number of hydrogen-bond acceptors (Lipinski definition) is 4. The molecule has 1 heterocycles. The Labute approximate surface area is 132 Å². The molecule has 2 amide bonds. The molecule has 0 saturated carbocycles. The zero-order valence-corrected chi connectivity index (χ0v) is 12.6. The van der Waals surface area contributed by atoms with E-state index in [9.17, 15) is 9.59 Å². The number of nitrogens with one attached hydrogen (secondary N) is 2. The van der Waals surface area contributed by atoms with Gasteiger partial charge in [-0.25, -0.2) is 4.98 Å². The Balaban J connectivity index is 1.87. The molecule has 0 aliphatic rings. The van der Waals surface area contributed by atoms with Gasteiger partial charge in [-0.3, -0.25) is 9.59 Å². The van der Waals surface area contributed by atoms with E-state index in [1.165, 1.54) is 13.3 Å². The number of rotatable bonds is 5. The van der Waals surface area contributed by atoms with Crippen molar-refractivity contribution in [2.24, 2.45) is 0 Å². The SMILES string of the molecule is COc1ccc(NC(=O)CNC(=O)c2ccccc2Cl)cn1. The molecule has 0 aliphatic carbocycles. The lowest BCUT2D eigenvalue weighted by atomic mass is 10.2. The van der Waals surface area contributed by atoms with Gasteiger partial charge >= 0.3 is 0 Å². The van der Waals surface area contributed by atoms with Crippen molar-refractivity contribution in [2.45, 2.75) is 0 Å². The van der Waals surface area contributed by atoms with Crippen molar-refractivity contribution in [1.29, 1.82) is 0 Å². The zero-order chi connectivity index (χ0) is 15.9. The highest BCUT2D eigenvalue weighted by Gasteiger charge is 2.11. The lowest BCUT2D eigenvalue weighted by Crippen LogP contribution is -2.33. The van der Waals surface area contributed by atoms with Crippen LogP contribution in [0.3, 0.4) is 0 Å². The number of hydrogen-bond donors (Lipinski definition) is 2. The van der Waals surface area contributed by atoms with E-state index in [4.69, 9.17) is 16.3 Å². The summed E-state index contributed by atoms with van der Waals surface area (Å²) in [5.41, 5.74) is 0.834. The van der Waals surface area contributed by atoms with Crippen molar-refractivity contribution >= 4 is 29.1 Å². The van der Waals surface area contributed by atoms with Crippen LogP contribution >= 0.6 is 11.6 Å². The molecule has 0 fully saturated rings. The number of amides is 2. The zero-order valence-electron chi connectivity index (χ0n) is 11.8. The average molecular weight is 320 g/mol. The number of carbonyl (C=O) groups is 2. The molecule has 114 valence electrons. The summed E-state index contributed by atoms with van der Waals surface area (Å²) in [7, 11) is 1.50. The maximum Gasteiger partial charge on any atom is 0.253 e. The summed E-state index contributed by atoms with van der Waals surface area (Å²) in [6.45, 7) is -0.171. The van der Waals surface area contributed by atoms with E-state index in [2.05, 4.69) is 15.6 Å². The Morgan fingerprint density at radius 1 is 1.23 bits per heavy atom. The van der Waals surface area contributed by atoms with Crippen LogP contribution in [0.5, 0.6) is 5.88 Å². The lowest BCUT2D eigenvalue weighted by Gasteiger charge is -2.08. The first kappa shape index (κ1) is 15.8. The number of ether oxygens (including phenoxy) is 1. The van der Waals surface area contributed by atoms with E-state index in [1.54, 1.807) is 36.4 Å². The molecular formula is C15H14ClN3O3. The summed E-state index contributed by atoms with van der Waals surface area (Å²) in [6.07, 6.45) is 1.46. The Bertz CT molecular complexity index is 674. The van der Waals surface area contributed by atoms with Crippen molar-refractivity contribution in [2.75, 3.05) is 19.0 Å². The fourth-order valence-corrected chi connectivity index (χ4v) is 1.90. The third-order valence-electron chi connectivity index (χ3n) is 2.76. The van der Waals surface area contributed by atoms with Crippen LogP contribution in [-0.4, -0.2) is 30.5 Å². The van der Waals surface area contributed by atoms with Gasteiger partial charge < -0.3 is 15.4 Å². The van der Waals surface area contributed by atoms with Crippen molar-refractivity contribution < 1.29 is 14.3 Å². The predicted molar refractivity (Wildman–Crippen MR) is 83.2 cm³/mol. The third-order valence-corrected chi connectivity index (χ3v) is 3.09. The number of carbonyl (C=O) groups excluding carboxylic acids is 2. The minimum atomic E-state index is -0.409. The quantitative estimate of drug-likeness (QED) is 0.884. The molecule has 2 rings (SSSR count). The van der Waals surface area contributed by atoms with E-state index < -0.39 is 5.91 Å². The van der Waals surface area contributed by atoms with Gasteiger partial charge in [0.15, 0.2) is 0 Å². The molecule has 0 saturated heterocycles. The molecule has 0 radical (unpaired) electrons. The van der Waals surface area contributed by atoms with Crippen molar-refractivity contribution in [3.8, 4) is 5.88 Å². The largest absolute Gasteiger partial charge is 0.481 e. The molecule has 1 aromatic heterocycles. The lowest BCUT2D eigenvalue weighted by molar-refractivity contribution is -0.115. The van der Waals surface area contributed by atoms with Crippen LogP contribution < -0.4 is 15.4 Å². The standard InChI is InChI=1S/C15H14ClN3O3/c1-22-14-7-6-10(8-17-14)19-13(20)9-18-15(21)11-4-2-3-5-12(11)16/h2-8H,9H2,1H3,(H,18,21)(H,19,20). The predicted octanol–water partition coefficient (Wildman–Crippen LogP) is 2.11. The second-order valence-electron chi connectivity index (χ2n) is 4.30. The summed E-state index contributed by atoms with van der Waals surface area (Å²) in [5, 5.41) is 5.44. The highest BCUT2D eigenvalue weighted by atomic mass is 35.5. The van der Waals surface area contributed by atoms with Crippen LogP contribution in [0.4, 0.5) is 5.69 Å². The Morgan fingerprint density at radius 3 is 2.64 bits per heavy atom. The number of nitrogens with zero attached hydrogens (tertiary/aromatic N) is 1. The van der Waals surface area contributed by atoms with Crippen LogP contribution in [0.1, 0.15) is 10.4 Å². The number of methoxy groups -OCH3 is 1. The van der Waals surface area contributed by atoms with Gasteiger partial charge in [0.1, 0.15) is 0 Å². The normalized spacial score (nSPS) is 9.91. The Morgan fingerprint density at radius 2 is 2.00 bits per heavy atom. The summed E-state index contributed by atoms with van der Waals surface area (Å²) in [5.74, 6) is -0.328. The molecule has 1 aromatic carbocycles. The number of pyridine rings is 1. The molecule has 2 aromatic rings. The fourth-order valence-electron chi connectivity index (χ4n) is 1.68. The molecule has 2 N–H and O–H groups in total. The molecular weight excluding hydrogens is 306 g/mol. The first-order chi connectivity index (χ1) is 10.6. The molecule has 7 heteroatoms. The second-order valence-corrected chi connectivity index (χ2v) is 4.71. The van der Waals surface area contributed by atoms with Gasteiger partial charge in [-0.2, -0.15) is 0 Å². The number of aromatic nitrogens is 1. The van der Waals surface area contributed by atoms with Crippen LogP contribution in [0, 0.1) is 0 Å². The number of anilines is 1. The van der Waals surface area contributed by atoms with Crippen LogP contribution in [-0.2, 0) is 4.79 Å². The first-order valence-electron chi connectivity index (χ1n) is 6.43. The topological polar surface area (TPSA) is 80.3 Å². The monoisotopic (exact) mass is 319 g/mol. The van der Waals surface area contributed by atoms with Gasteiger partial charge in [-0.1, -0.05) is 23.7 Å². The van der Waals surface area contributed by atoms with E-state index in [0.717, 1.165) is 0 Å². The van der Waals surface area contributed by atoms with Crippen LogP contribution in [0.2, 0.25) is 5.02 Å². The molecule has 0 atom stereocenters. The van der Waals surface area contributed by atoms with E-state index in [0.29, 0.717) is 22.2 Å². The fraction of sp³-hybridized carbons (Fsp3) is 0.133. The summed E-state index contributed by atoms with van der Waals surface area (Å²) >= 11 is 5.91. The van der Waals surface area contributed by atoms with E-state index in [1.807, 2.05) is 0 Å². The second kappa shape index (κ2) is 7.42. The van der Waals surface area contributed by atoms with E-state index >= 15 is 0 Å². The molecule has 0 aliphatic heterocycles. The minimum absolute atomic E-state index is 0.171. The van der Waals surface area contributed by atoms with Gasteiger partial charge in [0.05, 0.1) is 36.1 Å². The van der Waals surface area contributed by atoms with Gasteiger partial charge in [0, 0.05) is 6.07 Å². The van der Waals surface area contributed by atoms with Crippen LogP contribution in [0.15, 0.2) is 42.6 Å². The highest BCUT2D eigenvalue weighted by Crippen LogP contribution is 2.14. The average Bonchev–Trinajstić information content (AvgIpc) is 2.54. The Hall–Kier alpha value is -2.60. The molecule has 0 unspecified atom stereocenters. The van der Waals surface area contributed by atoms with Gasteiger partial charge in [0.25, 0.3) is 5.91 Å². The maximum atomic E-state index is 11.9. The van der Waals surface area contributed by atoms with Crippen molar-refractivity contribution in [1.82, 2.24) is 10.3 Å². The number of benzene rings is 1. The van der Waals surface area contributed by atoms with Gasteiger partial charge in [0.2, 0.25) is 11.8 Å². The van der Waals surface area contributed by atoms with Crippen molar-refractivity contribution in [3.05, 3.63) is 53.2 Å². The number of halogens is 1. The minimum Gasteiger partial charge on any atom is -0.481 e. The highest BCUT2D eigenvalue weighted by molar-refractivity contribution is 6.33. The van der Waals surface area contributed by atoms with Crippen LogP contribution in [0.25, 0.3) is 0 Å². The first-order valence-corrected chi connectivity index (χ1v) is 6.80. The summed E-state index contributed by atoms with van der Waals surface area (Å²) < 4.78 is 4.92. The third kappa shape index (κ3) is 4.20. The maximum absolute atomic E-state index is 11.9. The van der Waals surface area contributed by atoms with Gasteiger partial charge in [-0.15, -0.1) is 0 Å². The molecule has 0 bridgehead atoms. The molecule has 0 spiro atoms. The molecule has 22 heavy (non-hydrogen) atoms. The Kier molecular flexibility index (Phi) is 5.32. The summed E-state index contributed by atoms with van der Waals surface area (Å²) in [6, 6.07) is 9.90. The molecule has 6 nitrogen and oxygen atoms in total.